The number of benzene rings is 2. The molecule has 0 saturated carbocycles. The normalized spacial score (nSPS) is 11.7. The van der Waals surface area contributed by atoms with Crippen molar-refractivity contribution in [3.05, 3.63) is 60.2 Å². The third kappa shape index (κ3) is 4.84. The summed E-state index contributed by atoms with van der Waals surface area (Å²) >= 11 is 0. The smallest absolute Gasteiger partial charge is 0.223 e. The van der Waals surface area contributed by atoms with Crippen molar-refractivity contribution in [3.63, 3.8) is 0 Å². The SMILES string of the molecule is C[C@@H](NC(=O)CCOc1ccc(N)cc1)c1ccccc1. The second-order valence-electron chi connectivity index (χ2n) is 4.87. The highest BCUT2D eigenvalue weighted by Crippen LogP contribution is 2.14. The van der Waals surface area contributed by atoms with Crippen molar-refractivity contribution in [1.82, 2.24) is 5.32 Å². The summed E-state index contributed by atoms with van der Waals surface area (Å²) in [5.41, 5.74) is 7.37. The van der Waals surface area contributed by atoms with Crippen LogP contribution in [0.1, 0.15) is 24.9 Å². The van der Waals surface area contributed by atoms with Crippen molar-refractivity contribution < 1.29 is 9.53 Å². The van der Waals surface area contributed by atoms with Gasteiger partial charge in [-0.15, -0.1) is 0 Å². The Bertz CT molecular complexity index is 567. The molecule has 0 unspecified atom stereocenters. The maximum Gasteiger partial charge on any atom is 0.223 e. The van der Waals surface area contributed by atoms with Gasteiger partial charge in [-0.05, 0) is 36.8 Å². The molecule has 2 rings (SSSR count). The number of nitrogens with one attached hydrogen (secondary N) is 1. The van der Waals surface area contributed by atoms with E-state index in [2.05, 4.69) is 5.32 Å². The van der Waals surface area contributed by atoms with Gasteiger partial charge in [-0.2, -0.15) is 0 Å². The zero-order chi connectivity index (χ0) is 15.1. The first-order valence-corrected chi connectivity index (χ1v) is 6.98. The van der Waals surface area contributed by atoms with Crippen molar-refractivity contribution in [2.45, 2.75) is 19.4 Å². The fourth-order valence-electron chi connectivity index (χ4n) is 1.96. The van der Waals surface area contributed by atoms with E-state index in [9.17, 15) is 4.79 Å². The molecule has 0 aliphatic rings. The minimum absolute atomic E-state index is 0.00442. The Morgan fingerprint density at radius 1 is 1.14 bits per heavy atom. The van der Waals surface area contributed by atoms with E-state index in [0.717, 1.165) is 5.56 Å². The van der Waals surface area contributed by atoms with Gasteiger partial charge >= 0.3 is 0 Å². The fraction of sp³-hybridized carbons (Fsp3) is 0.235. The number of amides is 1. The Morgan fingerprint density at radius 2 is 1.81 bits per heavy atom. The molecule has 0 aliphatic heterocycles. The molecule has 2 aromatic rings. The Labute approximate surface area is 124 Å². The average molecular weight is 284 g/mol. The third-order valence-corrected chi connectivity index (χ3v) is 3.16. The highest BCUT2D eigenvalue weighted by atomic mass is 16.5. The molecule has 4 nitrogen and oxygen atoms in total. The van der Waals surface area contributed by atoms with Gasteiger partial charge in [-0.3, -0.25) is 4.79 Å². The summed E-state index contributed by atoms with van der Waals surface area (Å²) < 4.78 is 5.50. The molecule has 0 bridgehead atoms. The molecule has 0 radical (unpaired) electrons. The fourth-order valence-corrected chi connectivity index (χ4v) is 1.96. The largest absolute Gasteiger partial charge is 0.493 e. The second-order valence-corrected chi connectivity index (χ2v) is 4.87. The van der Waals surface area contributed by atoms with Gasteiger partial charge in [0.15, 0.2) is 0 Å². The van der Waals surface area contributed by atoms with Crippen LogP contribution >= 0.6 is 0 Å². The zero-order valence-corrected chi connectivity index (χ0v) is 12.1. The summed E-state index contributed by atoms with van der Waals surface area (Å²) in [5, 5.41) is 2.95. The van der Waals surface area contributed by atoms with Crippen LogP contribution in [0.25, 0.3) is 0 Å². The molecule has 0 aliphatic carbocycles. The first-order chi connectivity index (χ1) is 10.1. The highest BCUT2D eigenvalue weighted by Gasteiger charge is 2.09. The van der Waals surface area contributed by atoms with Crippen LogP contribution in [-0.4, -0.2) is 12.5 Å². The van der Waals surface area contributed by atoms with Crippen molar-refractivity contribution in [2.24, 2.45) is 0 Å². The Kier molecular flexibility index (Phi) is 5.21. The van der Waals surface area contributed by atoms with Crippen molar-refractivity contribution in [2.75, 3.05) is 12.3 Å². The van der Waals surface area contributed by atoms with Crippen LogP contribution in [0.15, 0.2) is 54.6 Å². The molecule has 0 fully saturated rings. The van der Waals surface area contributed by atoms with Crippen LogP contribution in [0.5, 0.6) is 5.75 Å². The van der Waals surface area contributed by atoms with Crippen LogP contribution < -0.4 is 15.8 Å². The predicted octanol–water partition coefficient (Wildman–Crippen LogP) is 2.92. The molecule has 4 heteroatoms. The lowest BCUT2D eigenvalue weighted by molar-refractivity contribution is -0.122. The minimum atomic E-state index is -0.0261. The third-order valence-electron chi connectivity index (χ3n) is 3.16. The number of hydrogen-bond donors (Lipinski definition) is 2. The first-order valence-electron chi connectivity index (χ1n) is 6.98. The van der Waals surface area contributed by atoms with E-state index in [4.69, 9.17) is 10.5 Å². The Morgan fingerprint density at radius 3 is 2.48 bits per heavy atom. The van der Waals surface area contributed by atoms with Gasteiger partial charge in [0.05, 0.1) is 19.1 Å². The van der Waals surface area contributed by atoms with Crippen molar-refractivity contribution in [3.8, 4) is 5.75 Å². The van der Waals surface area contributed by atoms with Crippen LogP contribution in [0.3, 0.4) is 0 Å². The topological polar surface area (TPSA) is 64.3 Å². The zero-order valence-electron chi connectivity index (χ0n) is 12.1. The number of nitrogen functional groups attached to an aromatic ring is 1. The molecular weight excluding hydrogens is 264 g/mol. The summed E-state index contributed by atoms with van der Waals surface area (Å²) in [7, 11) is 0. The van der Waals surface area contributed by atoms with Crippen molar-refractivity contribution >= 4 is 11.6 Å². The summed E-state index contributed by atoms with van der Waals surface area (Å²) in [6, 6.07) is 17.0. The number of hydrogen-bond acceptors (Lipinski definition) is 3. The molecule has 1 amide bonds. The minimum Gasteiger partial charge on any atom is -0.493 e. The van der Waals surface area contributed by atoms with Gasteiger partial charge in [-0.25, -0.2) is 0 Å². The van der Waals surface area contributed by atoms with E-state index in [1.165, 1.54) is 0 Å². The number of nitrogens with two attached hydrogens (primary N) is 1. The van der Waals surface area contributed by atoms with Crippen LogP contribution in [0, 0.1) is 0 Å². The van der Waals surface area contributed by atoms with E-state index in [0.29, 0.717) is 24.5 Å². The number of ether oxygens (including phenoxy) is 1. The predicted molar refractivity (Wildman–Crippen MR) is 84.0 cm³/mol. The van der Waals surface area contributed by atoms with Gasteiger partial charge in [0.1, 0.15) is 5.75 Å². The van der Waals surface area contributed by atoms with Gasteiger partial charge in [-0.1, -0.05) is 30.3 Å². The van der Waals surface area contributed by atoms with Crippen molar-refractivity contribution in [1.29, 1.82) is 0 Å². The van der Waals surface area contributed by atoms with Gasteiger partial charge in [0, 0.05) is 5.69 Å². The molecule has 3 N–H and O–H groups in total. The number of carbonyl (C=O) groups is 1. The molecule has 1 atom stereocenters. The van der Waals surface area contributed by atoms with E-state index >= 15 is 0 Å². The summed E-state index contributed by atoms with van der Waals surface area (Å²) in [6.45, 7) is 2.31. The summed E-state index contributed by atoms with van der Waals surface area (Å²) in [6.07, 6.45) is 0.321. The maximum atomic E-state index is 11.9. The Hall–Kier alpha value is -2.49. The van der Waals surface area contributed by atoms with Crippen LogP contribution in [0.4, 0.5) is 5.69 Å². The lowest BCUT2D eigenvalue weighted by Gasteiger charge is -2.14. The lowest BCUT2D eigenvalue weighted by atomic mass is 10.1. The number of anilines is 1. The van der Waals surface area contributed by atoms with Crippen LogP contribution in [0.2, 0.25) is 0 Å². The first kappa shape index (κ1) is 14.9. The highest BCUT2D eigenvalue weighted by molar-refractivity contribution is 5.76. The molecule has 0 aromatic heterocycles. The molecule has 0 spiro atoms. The van der Waals surface area contributed by atoms with E-state index in [-0.39, 0.29) is 11.9 Å². The summed E-state index contributed by atoms with van der Waals surface area (Å²) in [4.78, 5) is 11.9. The Balaban J connectivity index is 1.73. The van der Waals surface area contributed by atoms with Crippen LogP contribution in [-0.2, 0) is 4.79 Å². The maximum absolute atomic E-state index is 11.9. The average Bonchev–Trinajstić information content (AvgIpc) is 2.50. The standard InChI is InChI=1S/C17H20N2O2/c1-13(14-5-3-2-4-6-14)19-17(20)11-12-21-16-9-7-15(18)8-10-16/h2-10,13H,11-12,18H2,1H3,(H,19,20)/t13-/m1/s1. The quantitative estimate of drug-likeness (QED) is 0.802. The second kappa shape index (κ2) is 7.33. The van der Waals surface area contributed by atoms with Gasteiger partial charge in [0.25, 0.3) is 0 Å². The molecule has 0 saturated heterocycles. The monoisotopic (exact) mass is 284 g/mol. The van der Waals surface area contributed by atoms with E-state index < -0.39 is 0 Å². The van der Waals surface area contributed by atoms with Gasteiger partial charge in [0.2, 0.25) is 5.91 Å². The van der Waals surface area contributed by atoms with Gasteiger partial charge < -0.3 is 15.8 Å². The molecular formula is C17H20N2O2. The molecule has 0 heterocycles. The number of carbonyl (C=O) groups excluding carboxylic acids is 1. The molecule has 110 valence electrons. The summed E-state index contributed by atoms with van der Waals surface area (Å²) in [5.74, 6) is 0.690. The molecule has 21 heavy (non-hydrogen) atoms. The van der Waals surface area contributed by atoms with E-state index in [1.807, 2.05) is 37.3 Å². The molecule has 2 aromatic carbocycles. The number of rotatable bonds is 6. The lowest BCUT2D eigenvalue weighted by Crippen LogP contribution is -2.27. The van der Waals surface area contributed by atoms with E-state index in [1.54, 1.807) is 24.3 Å².